The van der Waals surface area contributed by atoms with Crippen LogP contribution in [0.2, 0.25) is 0 Å². The molecule has 0 unspecified atom stereocenters. The topological polar surface area (TPSA) is 49.2 Å². The average Bonchev–Trinajstić information content (AvgIpc) is 2.66. The molecule has 1 aromatic carbocycles. The quantitative estimate of drug-likeness (QED) is 0.793. The second kappa shape index (κ2) is 5.42. The fraction of sp³-hybridized carbons (Fsp3) is 0.417. The number of oxazole rings is 1. The minimum absolute atomic E-state index is 0.399. The summed E-state index contributed by atoms with van der Waals surface area (Å²) < 4.78 is 4.96. The van der Waals surface area contributed by atoms with Crippen molar-refractivity contribution in [2.24, 2.45) is 0 Å². The molecule has 5 heteroatoms. The van der Waals surface area contributed by atoms with Gasteiger partial charge in [-0.1, -0.05) is 6.07 Å². The molecule has 1 heterocycles. The number of hydrogen-bond acceptors (Lipinski definition) is 4. The van der Waals surface area contributed by atoms with Crippen molar-refractivity contribution in [1.82, 2.24) is 9.88 Å². The largest absolute Gasteiger partial charge is 0.417 e. The molecule has 0 aliphatic heterocycles. The molecular weight excluding hydrogens is 236 g/mol. The summed E-state index contributed by atoms with van der Waals surface area (Å²) in [6.45, 7) is 1.96. The molecule has 4 nitrogen and oxygen atoms in total. The van der Waals surface area contributed by atoms with Crippen molar-refractivity contribution in [3.8, 4) is 0 Å². The van der Waals surface area contributed by atoms with Gasteiger partial charge >= 0.3 is 5.76 Å². The molecule has 17 heavy (non-hydrogen) atoms. The van der Waals surface area contributed by atoms with Crippen molar-refractivity contribution in [2.75, 3.05) is 25.9 Å². The first-order valence-corrected chi connectivity index (χ1v) is 6.23. The summed E-state index contributed by atoms with van der Waals surface area (Å²) >= 11 is 4.20. The maximum Gasteiger partial charge on any atom is 0.417 e. The van der Waals surface area contributed by atoms with E-state index >= 15 is 0 Å². The summed E-state index contributed by atoms with van der Waals surface area (Å²) in [5.41, 5.74) is 2.58. The van der Waals surface area contributed by atoms with Crippen molar-refractivity contribution >= 4 is 23.7 Å². The van der Waals surface area contributed by atoms with Crippen LogP contribution in [0, 0.1) is 0 Å². The maximum absolute atomic E-state index is 11.0. The molecule has 1 N–H and O–H groups in total. The van der Waals surface area contributed by atoms with Gasteiger partial charge in [0.2, 0.25) is 0 Å². The molecule has 0 radical (unpaired) electrons. The third kappa shape index (κ3) is 3.14. The number of fused-ring (bicyclic) bond motifs is 1. The van der Waals surface area contributed by atoms with Gasteiger partial charge in [-0.3, -0.25) is 4.98 Å². The molecule has 92 valence electrons. The van der Waals surface area contributed by atoms with Gasteiger partial charge in [-0.2, -0.15) is 12.6 Å². The predicted molar refractivity (Wildman–Crippen MR) is 71.9 cm³/mol. The zero-order chi connectivity index (χ0) is 12.3. The lowest BCUT2D eigenvalue weighted by atomic mass is 10.1. The van der Waals surface area contributed by atoms with Crippen molar-refractivity contribution in [1.29, 1.82) is 0 Å². The third-order valence-electron chi connectivity index (χ3n) is 2.75. The van der Waals surface area contributed by atoms with Crippen LogP contribution in [0.5, 0.6) is 0 Å². The highest BCUT2D eigenvalue weighted by Gasteiger charge is 2.03. The van der Waals surface area contributed by atoms with Crippen molar-refractivity contribution in [3.05, 3.63) is 34.3 Å². The fourth-order valence-electron chi connectivity index (χ4n) is 1.76. The molecule has 0 aliphatic rings. The zero-order valence-corrected chi connectivity index (χ0v) is 10.7. The minimum atomic E-state index is -0.399. The van der Waals surface area contributed by atoms with Gasteiger partial charge in [0.25, 0.3) is 0 Å². The second-order valence-corrected chi connectivity index (χ2v) is 4.57. The first-order valence-electron chi connectivity index (χ1n) is 5.60. The van der Waals surface area contributed by atoms with Gasteiger partial charge in [0, 0.05) is 18.8 Å². The van der Waals surface area contributed by atoms with Crippen LogP contribution in [-0.4, -0.2) is 35.8 Å². The van der Waals surface area contributed by atoms with E-state index in [0.29, 0.717) is 5.58 Å². The summed E-state index contributed by atoms with van der Waals surface area (Å²) in [6.07, 6.45) is 0.952. The molecule has 0 bridgehead atoms. The van der Waals surface area contributed by atoms with E-state index < -0.39 is 5.76 Å². The van der Waals surface area contributed by atoms with Crippen LogP contribution in [-0.2, 0) is 6.42 Å². The molecular formula is C12H16N2O2S. The first kappa shape index (κ1) is 12.3. The van der Waals surface area contributed by atoms with E-state index in [1.807, 2.05) is 18.2 Å². The Kier molecular flexibility index (Phi) is 3.91. The SMILES string of the molecule is CN(CCS)CCc1ccc2oc(=O)[nH]c2c1. The lowest BCUT2D eigenvalue weighted by Crippen LogP contribution is -2.23. The van der Waals surface area contributed by atoms with Crippen LogP contribution >= 0.6 is 12.6 Å². The van der Waals surface area contributed by atoms with Crippen LogP contribution in [0.3, 0.4) is 0 Å². The molecule has 0 saturated heterocycles. The predicted octanol–water partition coefficient (Wildman–Crippen LogP) is 1.53. The number of likely N-dealkylation sites (N-methyl/N-ethyl adjacent to an activating group) is 1. The van der Waals surface area contributed by atoms with Gasteiger partial charge in [0.15, 0.2) is 5.58 Å². The molecule has 0 atom stereocenters. The Bertz CT molecular complexity index is 547. The number of aromatic nitrogens is 1. The average molecular weight is 252 g/mol. The molecule has 0 fully saturated rings. The van der Waals surface area contributed by atoms with E-state index in [9.17, 15) is 4.79 Å². The van der Waals surface area contributed by atoms with Gasteiger partial charge < -0.3 is 9.32 Å². The summed E-state index contributed by atoms with van der Waals surface area (Å²) in [5, 5.41) is 0. The van der Waals surface area contributed by atoms with Crippen molar-refractivity contribution in [3.63, 3.8) is 0 Å². The Labute approximate surface area is 105 Å². The van der Waals surface area contributed by atoms with Crippen molar-refractivity contribution in [2.45, 2.75) is 6.42 Å². The highest BCUT2D eigenvalue weighted by Crippen LogP contribution is 2.12. The number of aromatic amines is 1. The van der Waals surface area contributed by atoms with Gasteiger partial charge in [-0.25, -0.2) is 4.79 Å². The van der Waals surface area contributed by atoms with Gasteiger partial charge in [-0.05, 0) is 31.2 Å². The van der Waals surface area contributed by atoms with Crippen LogP contribution in [0.15, 0.2) is 27.4 Å². The van der Waals surface area contributed by atoms with E-state index in [-0.39, 0.29) is 0 Å². The Balaban J connectivity index is 2.06. The number of thiol groups is 1. The van der Waals surface area contributed by atoms with Crippen LogP contribution in [0.25, 0.3) is 11.1 Å². The second-order valence-electron chi connectivity index (χ2n) is 4.12. The summed E-state index contributed by atoms with van der Waals surface area (Å²) in [6, 6.07) is 5.80. The van der Waals surface area contributed by atoms with E-state index in [4.69, 9.17) is 4.42 Å². The first-order chi connectivity index (χ1) is 8.19. The highest BCUT2D eigenvalue weighted by molar-refractivity contribution is 7.80. The molecule has 1 aromatic heterocycles. The van der Waals surface area contributed by atoms with Crippen LogP contribution in [0.1, 0.15) is 5.56 Å². The number of hydrogen-bond donors (Lipinski definition) is 2. The molecule has 2 rings (SSSR count). The number of nitrogens with one attached hydrogen (secondary N) is 1. The van der Waals surface area contributed by atoms with Crippen LogP contribution < -0.4 is 5.76 Å². The highest BCUT2D eigenvalue weighted by atomic mass is 32.1. The number of rotatable bonds is 5. The summed E-state index contributed by atoms with van der Waals surface area (Å²) in [7, 11) is 2.08. The number of H-pyrrole nitrogens is 1. The maximum atomic E-state index is 11.0. The Hall–Kier alpha value is -1.20. The van der Waals surface area contributed by atoms with Gasteiger partial charge in [0.1, 0.15) is 0 Å². The Morgan fingerprint density at radius 2 is 2.24 bits per heavy atom. The lowest BCUT2D eigenvalue weighted by molar-refractivity contribution is 0.361. The molecule has 0 amide bonds. The summed E-state index contributed by atoms with van der Waals surface area (Å²) in [4.78, 5) is 15.9. The van der Waals surface area contributed by atoms with Gasteiger partial charge in [0.05, 0.1) is 5.52 Å². The Morgan fingerprint density at radius 1 is 1.41 bits per heavy atom. The zero-order valence-electron chi connectivity index (χ0n) is 9.77. The number of benzene rings is 1. The fourth-order valence-corrected chi connectivity index (χ4v) is 2.10. The van der Waals surface area contributed by atoms with E-state index in [2.05, 4.69) is 29.6 Å². The van der Waals surface area contributed by atoms with Gasteiger partial charge in [-0.15, -0.1) is 0 Å². The molecule has 0 aliphatic carbocycles. The van der Waals surface area contributed by atoms with Crippen LogP contribution in [0.4, 0.5) is 0 Å². The lowest BCUT2D eigenvalue weighted by Gasteiger charge is -2.14. The van der Waals surface area contributed by atoms with E-state index in [1.165, 1.54) is 5.56 Å². The molecule has 2 aromatic rings. The molecule has 0 saturated carbocycles. The normalized spacial score (nSPS) is 11.5. The smallest absolute Gasteiger partial charge is 0.408 e. The molecule has 0 spiro atoms. The van der Waals surface area contributed by atoms with Crippen molar-refractivity contribution < 1.29 is 4.42 Å². The number of nitrogens with zero attached hydrogens (tertiary/aromatic N) is 1. The third-order valence-corrected chi connectivity index (χ3v) is 2.95. The van der Waals surface area contributed by atoms with E-state index in [0.717, 1.165) is 30.8 Å². The minimum Gasteiger partial charge on any atom is -0.408 e. The standard InChI is InChI=1S/C12H16N2O2S/c1-14(6-7-17)5-4-9-2-3-11-10(8-9)13-12(15)16-11/h2-3,8,17H,4-7H2,1H3,(H,13,15). The summed E-state index contributed by atoms with van der Waals surface area (Å²) in [5.74, 6) is 0.467. The van der Waals surface area contributed by atoms with E-state index in [1.54, 1.807) is 0 Å². The Morgan fingerprint density at radius 3 is 3.00 bits per heavy atom. The monoisotopic (exact) mass is 252 g/mol.